The molecule has 0 saturated carbocycles. The second-order valence-electron chi connectivity index (χ2n) is 6.15. The van der Waals surface area contributed by atoms with Crippen molar-refractivity contribution in [3.05, 3.63) is 65.2 Å². The van der Waals surface area contributed by atoms with Crippen molar-refractivity contribution >= 4 is 29.9 Å². The number of methoxy groups -OCH3 is 1. The van der Waals surface area contributed by atoms with Gasteiger partial charge in [0.05, 0.1) is 7.11 Å². The Bertz CT molecular complexity index is 704. The monoisotopic (exact) mass is 468 g/mol. The number of aliphatic imine (C=N–C) groups is 1. The van der Waals surface area contributed by atoms with Gasteiger partial charge in [-0.05, 0) is 31.3 Å². The second-order valence-corrected chi connectivity index (χ2v) is 6.15. The number of ether oxygens (including phenoxy) is 1. The molecule has 0 aliphatic heterocycles. The standard InChI is InChI=1S/C20H28N4O.HI/c1-21-20(23-14-18-10-5-6-11-19(18)25-4)22-13-16-8-7-9-17(12-16)15-24(2)3;/h5-12H,13-15H2,1-4H3,(H2,21,22,23);1H. The van der Waals surface area contributed by atoms with E-state index in [0.29, 0.717) is 6.54 Å². The Kier molecular flexibility index (Phi) is 10.0. The van der Waals surface area contributed by atoms with Crippen molar-refractivity contribution in [2.75, 3.05) is 28.3 Å². The van der Waals surface area contributed by atoms with E-state index in [4.69, 9.17) is 4.74 Å². The summed E-state index contributed by atoms with van der Waals surface area (Å²) in [5, 5.41) is 6.69. The molecule has 0 fully saturated rings. The Morgan fingerprint density at radius 1 is 1.00 bits per heavy atom. The number of guanidine groups is 1. The molecule has 0 amide bonds. The maximum atomic E-state index is 5.38. The molecule has 0 atom stereocenters. The minimum Gasteiger partial charge on any atom is -0.496 e. The first-order valence-electron chi connectivity index (χ1n) is 8.41. The van der Waals surface area contributed by atoms with E-state index in [0.717, 1.165) is 30.4 Å². The molecule has 0 radical (unpaired) electrons. The molecule has 2 N–H and O–H groups in total. The topological polar surface area (TPSA) is 48.9 Å². The van der Waals surface area contributed by atoms with Crippen molar-refractivity contribution in [3.8, 4) is 5.75 Å². The number of nitrogens with one attached hydrogen (secondary N) is 2. The highest BCUT2D eigenvalue weighted by atomic mass is 127. The van der Waals surface area contributed by atoms with Crippen LogP contribution in [0.1, 0.15) is 16.7 Å². The summed E-state index contributed by atoms with van der Waals surface area (Å²) in [4.78, 5) is 6.46. The number of nitrogens with zero attached hydrogens (tertiary/aromatic N) is 2. The largest absolute Gasteiger partial charge is 0.496 e. The third-order valence-corrected chi connectivity index (χ3v) is 3.81. The molecule has 2 aromatic carbocycles. The zero-order valence-corrected chi connectivity index (χ0v) is 18.3. The first-order chi connectivity index (χ1) is 12.1. The number of benzene rings is 2. The fourth-order valence-corrected chi connectivity index (χ4v) is 2.64. The molecule has 2 aromatic rings. The summed E-state index contributed by atoms with van der Waals surface area (Å²) >= 11 is 0. The minimum absolute atomic E-state index is 0. The average Bonchev–Trinajstić information content (AvgIpc) is 2.62. The summed E-state index contributed by atoms with van der Waals surface area (Å²) in [6.07, 6.45) is 0. The smallest absolute Gasteiger partial charge is 0.191 e. The van der Waals surface area contributed by atoms with Crippen LogP contribution in [0, 0.1) is 0 Å². The highest BCUT2D eigenvalue weighted by Crippen LogP contribution is 2.16. The highest BCUT2D eigenvalue weighted by Gasteiger charge is 2.04. The quantitative estimate of drug-likeness (QED) is 0.372. The molecule has 5 nitrogen and oxygen atoms in total. The number of halogens is 1. The van der Waals surface area contributed by atoms with Gasteiger partial charge in [-0.3, -0.25) is 4.99 Å². The van der Waals surface area contributed by atoms with Gasteiger partial charge in [-0.15, -0.1) is 24.0 Å². The van der Waals surface area contributed by atoms with Crippen LogP contribution < -0.4 is 15.4 Å². The maximum Gasteiger partial charge on any atom is 0.191 e. The SMILES string of the molecule is CN=C(NCc1cccc(CN(C)C)c1)NCc1ccccc1OC.I. The van der Waals surface area contributed by atoms with Gasteiger partial charge >= 0.3 is 0 Å². The first-order valence-corrected chi connectivity index (χ1v) is 8.41. The summed E-state index contributed by atoms with van der Waals surface area (Å²) in [6, 6.07) is 16.6. The van der Waals surface area contributed by atoms with E-state index < -0.39 is 0 Å². The van der Waals surface area contributed by atoms with Gasteiger partial charge in [0, 0.05) is 32.2 Å². The molecule has 0 saturated heterocycles. The van der Waals surface area contributed by atoms with Crippen LogP contribution in [0.5, 0.6) is 5.75 Å². The lowest BCUT2D eigenvalue weighted by Crippen LogP contribution is -2.36. The molecule has 142 valence electrons. The highest BCUT2D eigenvalue weighted by molar-refractivity contribution is 14.0. The molecule has 0 aliphatic rings. The summed E-state index contributed by atoms with van der Waals surface area (Å²) < 4.78 is 5.38. The average molecular weight is 468 g/mol. The third-order valence-electron chi connectivity index (χ3n) is 3.81. The zero-order valence-electron chi connectivity index (χ0n) is 16.0. The Labute approximate surface area is 173 Å². The van der Waals surface area contributed by atoms with E-state index >= 15 is 0 Å². The van der Waals surface area contributed by atoms with Crippen LogP contribution in [0.15, 0.2) is 53.5 Å². The molecule has 6 heteroatoms. The van der Waals surface area contributed by atoms with Gasteiger partial charge in [-0.2, -0.15) is 0 Å². The molecular formula is C20H29IN4O. The minimum atomic E-state index is 0. The van der Waals surface area contributed by atoms with Crippen LogP contribution in [0.2, 0.25) is 0 Å². The first kappa shape index (κ1) is 22.2. The van der Waals surface area contributed by atoms with Gasteiger partial charge in [0.15, 0.2) is 5.96 Å². The molecule has 0 aliphatic carbocycles. The predicted octanol–water partition coefficient (Wildman–Crippen LogP) is 3.24. The van der Waals surface area contributed by atoms with Gasteiger partial charge in [-0.1, -0.05) is 42.5 Å². The Morgan fingerprint density at radius 2 is 1.69 bits per heavy atom. The van der Waals surface area contributed by atoms with Crippen LogP contribution in [0.4, 0.5) is 0 Å². The van der Waals surface area contributed by atoms with Crippen molar-refractivity contribution in [3.63, 3.8) is 0 Å². The molecular weight excluding hydrogens is 439 g/mol. The molecule has 2 rings (SSSR count). The molecule has 0 bridgehead atoms. The Morgan fingerprint density at radius 3 is 2.38 bits per heavy atom. The number of hydrogen-bond acceptors (Lipinski definition) is 3. The van der Waals surface area contributed by atoms with Gasteiger partial charge < -0.3 is 20.3 Å². The second kappa shape index (κ2) is 11.7. The van der Waals surface area contributed by atoms with Crippen molar-refractivity contribution < 1.29 is 4.74 Å². The van der Waals surface area contributed by atoms with Gasteiger partial charge in [0.1, 0.15) is 5.75 Å². The van der Waals surface area contributed by atoms with E-state index in [1.165, 1.54) is 11.1 Å². The van der Waals surface area contributed by atoms with Crippen LogP contribution >= 0.6 is 24.0 Å². The fraction of sp³-hybridized carbons (Fsp3) is 0.350. The lowest BCUT2D eigenvalue weighted by atomic mass is 10.1. The van der Waals surface area contributed by atoms with E-state index in [2.05, 4.69) is 58.9 Å². The molecule has 26 heavy (non-hydrogen) atoms. The number of rotatable bonds is 7. The van der Waals surface area contributed by atoms with Gasteiger partial charge in [0.2, 0.25) is 0 Å². The fourth-order valence-electron chi connectivity index (χ4n) is 2.64. The van der Waals surface area contributed by atoms with E-state index in [9.17, 15) is 0 Å². The molecule has 0 heterocycles. The summed E-state index contributed by atoms with van der Waals surface area (Å²) in [5.41, 5.74) is 3.64. The number of hydrogen-bond donors (Lipinski definition) is 2. The van der Waals surface area contributed by atoms with Crippen LogP contribution in [-0.4, -0.2) is 39.1 Å². The predicted molar refractivity (Wildman–Crippen MR) is 119 cm³/mol. The lowest BCUT2D eigenvalue weighted by molar-refractivity contribution is 0.402. The molecule has 0 aromatic heterocycles. The van der Waals surface area contributed by atoms with Crippen LogP contribution in [0.3, 0.4) is 0 Å². The Hall–Kier alpha value is -1.80. The molecule has 0 spiro atoms. The summed E-state index contributed by atoms with van der Waals surface area (Å²) in [6.45, 7) is 2.33. The number of para-hydroxylation sites is 1. The van der Waals surface area contributed by atoms with Gasteiger partial charge in [0.25, 0.3) is 0 Å². The van der Waals surface area contributed by atoms with Crippen molar-refractivity contribution in [2.24, 2.45) is 4.99 Å². The van der Waals surface area contributed by atoms with E-state index in [1.807, 2.05) is 24.3 Å². The van der Waals surface area contributed by atoms with E-state index in [1.54, 1.807) is 14.2 Å². The van der Waals surface area contributed by atoms with Crippen LogP contribution in [0.25, 0.3) is 0 Å². The zero-order chi connectivity index (χ0) is 18.1. The summed E-state index contributed by atoms with van der Waals surface area (Å²) in [5.74, 6) is 1.64. The third kappa shape index (κ3) is 7.21. The summed E-state index contributed by atoms with van der Waals surface area (Å²) in [7, 11) is 7.62. The Balaban J connectivity index is 0.00000338. The van der Waals surface area contributed by atoms with Crippen molar-refractivity contribution in [1.82, 2.24) is 15.5 Å². The lowest BCUT2D eigenvalue weighted by Gasteiger charge is -2.15. The van der Waals surface area contributed by atoms with Crippen molar-refractivity contribution in [1.29, 1.82) is 0 Å². The maximum absolute atomic E-state index is 5.38. The van der Waals surface area contributed by atoms with Crippen molar-refractivity contribution in [2.45, 2.75) is 19.6 Å². The van der Waals surface area contributed by atoms with E-state index in [-0.39, 0.29) is 24.0 Å². The van der Waals surface area contributed by atoms with Crippen LogP contribution in [-0.2, 0) is 19.6 Å². The van der Waals surface area contributed by atoms with Gasteiger partial charge in [-0.25, -0.2) is 0 Å². The normalized spacial score (nSPS) is 11.0. The molecule has 0 unspecified atom stereocenters.